The molecule has 1 atom stereocenters. The third-order valence-electron chi connectivity index (χ3n) is 1.90. The van der Waals surface area contributed by atoms with Crippen molar-refractivity contribution >= 4 is 23.6 Å². The second-order valence-corrected chi connectivity index (χ2v) is 3.27. The van der Waals surface area contributed by atoms with Gasteiger partial charge in [0.05, 0.1) is 4.92 Å². The van der Waals surface area contributed by atoms with Crippen molar-refractivity contribution in [3.63, 3.8) is 0 Å². The molecule has 14 heavy (non-hydrogen) atoms. The molecule has 0 fully saturated rings. The molecule has 0 N–H and O–H groups in total. The highest BCUT2D eigenvalue weighted by Gasteiger charge is 2.21. The van der Waals surface area contributed by atoms with Gasteiger partial charge in [-0.3, -0.25) is 10.1 Å². The topological polar surface area (TPSA) is 60.2 Å². The fourth-order valence-electron chi connectivity index (χ4n) is 1.17. The predicted octanol–water partition coefficient (Wildman–Crippen LogP) is 2.55. The summed E-state index contributed by atoms with van der Waals surface area (Å²) in [4.78, 5) is 20.6. The van der Waals surface area contributed by atoms with E-state index < -0.39 is 10.8 Å². The zero-order chi connectivity index (χ0) is 10.7. The molecule has 74 valence electrons. The van der Waals surface area contributed by atoms with Gasteiger partial charge in [-0.15, -0.1) is 0 Å². The van der Waals surface area contributed by atoms with E-state index >= 15 is 0 Å². The summed E-state index contributed by atoms with van der Waals surface area (Å²) in [5.74, 6) is -0.519. The largest absolute Gasteiger partial charge is 0.303 e. The van der Waals surface area contributed by atoms with Crippen LogP contribution in [0.25, 0.3) is 0 Å². The van der Waals surface area contributed by atoms with Crippen LogP contribution in [0.1, 0.15) is 18.4 Å². The molecule has 1 aromatic rings. The lowest BCUT2D eigenvalue weighted by Crippen LogP contribution is -2.01. The van der Waals surface area contributed by atoms with Crippen LogP contribution in [0, 0.1) is 10.1 Å². The summed E-state index contributed by atoms with van der Waals surface area (Å²) in [6, 6.07) is 4.55. The number of hydrogen-bond donors (Lipinski definition) is 0. The smallest absolute Gasteiger partial charge is 0.291 e. The Kier molecular flexibility index (Phi) is 3.19. The van der Waals surface area contributed by atoms with E-state index in [9.17, 15) is 14.9 Å². The van der Waals surface area contributed by atoms with E-state index in [4.69, 9.17) is 11.6 Å². The third-order valence-corrected chi connectivity index (χ3v) is 2.20. The fraction of sp³-hybridized carbons (Fsp3) is 0.222. The molecule has 1 aromatic carbocycles. The number of nitro groups is 1. The Morgan fingerprint density at radius 3 is 2.71 bits per heavy atom. The highest BCUT2D eigenvalue weighted by Crippen LogP contribution is 2.32. The summed E-state index contributed by atoms with van der Waals surface area (Å²) in [6.45, 7) is 1.59. The molecule has 1 unspecified atom stereocenters. The standard InChI is InChI=1S/C9H8ClNO3/c1-6(5-12)7-3-2-4-8(10)9(7)11(13)14/h2-6H,1H3. The van der Waals surface area contributed by atoms with Crippen LogP contribution >= 0.6 is 11.6 Å². The van der Waals surface area contributed by atoms with Gasteiger partial charge in [-0.2, -0.15) is 0 Å². The van der Waals surface area contributed by atoms with Gasteiger partial charge >= 0.3 is 0 Å². The van der Waals surface area contributed by atoms with Gasteiger partial charge in [-0.25, -0.2) is 0 Å². The molecule has 0 amide bonds. The summed E-state index contributed by atoms with van der Waals surface area (Å²) >= 11 is 5.67. The van der Waals surface area contributed by atoms with Crippen LogP contribution in [0.4, 0.5) is 5.69 Å². The van der Waals surface area contributed by atoms with Crippen molar-refractivity contribution in [2.24, 2.45) is 0 Å². The second kappa shape index (κ2) is 4.19. The predicted molar refractivity (Wildman–Crippen MR) is 52.6 cm³/mol. The van der Waals surface area contributed by atoms with E-state index in [-0.39, 0.29) is 10.7 Å². The number of para-hydroxylation sites is 1. The zero-order valence-electron chi connectivity index (χ0n) is 7.44. The van der Waals surface area contributed by atoms with Crippen molar-refractivity contribution in [2.45, 2.75) is 12.8 Å². The normalized spacial score (nSPS) is 12.1. The number of nitrogens with zero attached hydrogens (tertiary/aromatic N) is 1. The van der Waals surface area contributed by atoms with Crippen molar-refractivity contribution in [1.29, 1.82) is 0 Å². The number of rotatable bonds is 3. The summed E-state index contributed by atoms with van der Waals surface area (Å²) in [7, 11) is 0. The molecule has 5 heteroatoms. The van der Waals surface area contributed by atoms with Crippen LogP contribution in [0.2, 0.25) is 5.02 Å². The van der Waals surface area contributed by atoms with Gasteiger partial charge in [0.2, 0.25) is 0 Å². The Hall–Kier alpha value is -1.42. The van der Waals surface area contributed by atoms with E-state index in [0.717, 1.165) is 0 Å². The number of benzene rings is 1. The number of carbonyl (C=O) groups excluding carboxylic acids is 1. The SMILES string of the molecule is CC(C=O)c1cccc(Cl)c1[N+](=O)[O-]. The first-order valence-electron chi connectivity index (χ1n) is 3.96. The maximum atomic E-state index is 10.7. The molecular formula is C9H8ClNO3. The number of carbonyl (C=O) groups is 1. The van der Waals surface area contributed by atoms with Crippen LogP contribution in [-0.4, -0.2) is 11.2 Å². The maximum Gasteiger partial charge on any atom is 0.291 e. The van der Waals surface area contributed by atoms with E-state index in [0.29, 0.717) is 11.8 Å². The zero-order valence-corrected chi connectivity index (χ0v) is 8.19. The Morgan fingerprint density at radius 2 is 2.21 bits per heavy atom. The fourth-order valence-corrected chi connectivity index (χ4v) is 1.42. The van der Waals surface area contributed by atoms with Crippen LogP contribution < -0.4 is 0 Å². The minimum atomic E-state index is -0.572. The molecule has 0 saturated heterocycles. The summed E-state index contributed by atoms with van der Waals surface area (Å²) in [6.07, 6.45) is 0.651. The Bertz CT molecular complexity index is 378. The van der Waals surface area contributed by atoms with Gasteiger partial charge in [0, 0.05) is 11.5 Å². The molecule has 0 aliphatic rings. The summed E-state index contributed by atoms with van der Waals surface area (Å²) < 4.78 is 0. The highest BCUT2D eigenvalue weighted by atomic mass is 35.5. The van der Waals surface area contributed by atoms with Gasteiger partial charge in [0.15, 0.2) is 0 Å². The minimum absolute atomic E-state index is 0.0567. The van der Waals surface area contributed by atoms with E-state index in [1.165, 1.54) is 12.1 Å². The molecule has 0 saturated carbocycles. The number of hydrogen-bond acceptors (Lipinski definition) is 3. The molecular weight excluding hydrogens is 206 g/mol. The van der Waals surface area contributed by atoms with Gasteiger partial charge in [0.1, 0.15) is 11.3 Å². The highest BCUT2D eigenvalue weighted by molar-refractivity contribution is 6.32. The lowest BCUT2D eigenvalue weighted by Gasteiger charge is -2.05. The van der Waals surface area contributed by atoms with Gasteiger partial charge in [-0.1, -0.05) is 30.7 Å². The molecule has 4 nitrogen and oxygen atoms in total. The molecule has 0 bridgehead atoms. The molecule has 0 aliphatic carbocycles. The van der Waals surface area contributed by atoms with Gasteiger partial charge in [-0.05, 0) is 6.07 Å². The van der Waals surface area contributed by atoms with Crippen molar-refractivity contribution in [3.05, 3.63) is 38.9 Å². The summed E-state index contributed by atoms with van der Waals surface area (Å²) in [5.41, 5.74) is 0.159. The Labute approximate surface area is 85.6 Å². The summed E-state index contributed by atoms with van der Waals surface area (Å²) in [5, 5.41) is 10.7. The first-order chi connectivity index (χ1) is 6.57. The van der Waals surface area contributed by atoms with Crippen molar-refractivity contribution < 1.29 is 9.72 Å². The average Bonchev–Trinajstić information content (AvgIpc) is 2.15. The molecule has 0 aromatic heterocycles. The molecule has 0 heterocycles. The van der Waals surface area contributed by atoms with E-state index in [2.05, 4.69) is 0 Å². The van der Waals surface area contributed by atoms with Crippen LogP contribution in [0.3, 0.4) is 0 Å². The Balaban J connectivity index is 3.35. The number of nitro benzene ring substituents is 1. The van der Waals surface area contributed by atoms with Crippen molar-refractivity contribution in [1.82, 2.24) is 0 Å². The monoisotopic (exact) mass is 213 g/mol. The minimum Gasteiger partial charge on any atom is -0.303 e. The quantitative estimate of drug-likeness (QED) is 0.440. The van der Waals surface area contributed by atoms with Gasteiger partial charge in [0.25, 0.3) is 5.69 Å². The lowest BCUT2D eigenvalue weighted by molar-refractivity contribution is -0.385. The van der Waals surface area contributed by atoms with E-state index in [1.807, 2.05) is 0 Å². The maximum absolute atomic E-state index is 10.7. The lowest BCUT2D eigenvalue weighted by atomic mass is 10.0. The van der Waals surface area contributed by atoms with Crippen LogP contribution in [0.5, 0.6) is 0 Å². The first-order valence-corrected chi connectivity index (χ1v) is 4.33. The average molecular weight is 214 g/mol. The second-order valence-electron chi connectivity index (χ2n) is 2.86. The van der Waals surface area contributed by atoms with Crippen LogP contribution in [-0.2, 0) is 4.79 Å². The molecule has 0 radical (unpaired) electrons. The number of halogens is 1. The Morgan fingerprint density at radius 1 is 1.57 bits per heavy atom. The third kappa shape index (κ3) is 1.90. The molecule has 1 rings (SSSR count). The molecule has 0 spiro atoms. The first kappa shape index (κ1) is 10.7. The van der Waals surface area contributed by atoms with E-state index in [1.54, 1.807) is 13.0 Å². The van der Waals surface area contributed by atoms with Crippen LogP contribution in [0.15, 0.2) is 18.2 Å². The number of aldehydes is 1. The van der Waals surface area contributed by atoms with Gasteiger partial charge < -0.3 is 4.79 Å². The van der Waals surface area contributed by atoms with Crippen molar-refractivity contribution in [2.75, 3.05) is 0 Å². The molecule has 0 aliphatic heterocycles. The van der Waals surface area contributed by atoms with Crippen molar-refractivity contribution in [3.8, 4) is 0 Å².